The van der Waals surface area contributed by atoms with Gasteiger partial charge in [0.25, 0.3) is 5.89 Å². The van der Waals surface area contributed by atoms with Gasteiger partial charge in [-0.3, -0.25) is 0 Å². The Hall–Kier alpha value is -1.01. The average molecular weight is 355 g/mol. The zero-order valence-corrected chi connectivity index (χ0v) is 13.3. The highest BCUT2D eigenvalue weighted by Crippen LogP contribution is 2.33. The van der Waals surface area contributed by atoms with Crippen molar-refractivity contribution in [3.8, 4) is 17.2 Å². The number of hydrogen-bond donors (Lipinski definition) is 1. The summed E-state index contributed by atoms with van der Waals surface area (Å²) < 4.78 is 6.05. The molecule has 2 aromatic rings. The predicted molar refractivity (Wildman–Crippen MR) is 82.6 cm³/mol. The first-order chi connectivity index (χ1) is 9.72. The second kappa shape index (κ2) is 6.18. The van der Waals surface area contributed by atoms with Crippen molar-refractivity contribution in [3.63, 3.8) is 0 Å². The van der Waals surface area contributed by atoms with Crippen molar-refractivity contribution in [1.29, 1.82) is 0 Å². The van der Waals surface area contributed by atoms with Crippen LogP contribution in [0.5, 0.6) is 5.75 Å². The van der Waals surface area contributed by atoms with E-state index in [1.54, 1.807) is 12.1 Å². The summed E-state index contributed by atoms with van der Waals surface area (Å²) in [5.74, 6) is 1.97. The van der Waals surface area contributed by atoms with Crippen molar-refractivity contribution in [1.82, 2.24) is 10.1 Å². The zero-order valence-electron chi connectivity index (χ0n) is 10.9. The van der Waals surface area contributed by atoms with Crippen molar-refractivity contribution in [3.05, 3.63) is 28.5 Å². The second-order valence-electron chi connectivity index (χ2n) is 4.89. The van der Waals surface area contributed by atoms with Gasteiger partial charge in [-0.05, 0) is 31.0 Å². The zero-order chi connectivity index (χ0) is 13.9. The van der Waals surface area contributed by atoms with E-state index in [2.05, 4.69) is 26.1 Å². The number of thioether (sulfide) groups is 1. The topological polar surface area (TPSA) is 59.2 Å². The fraction of sp³-hybridized carbons (Fsp3) is 0.429. The van der Waals surface area contributed by atoms with Gasteiger partial charge in [-0.1, -0.05) is 33.9 Å². The molecule has 6 heteroatoms. The summed E-state index contributed by atoms with van der Waals surface area (Å²) in [5, 5.41) is 14.6. The van der Waals surface area contributed by atoms with Crippen molar-refractivity contribution in [2.75, 3.05) is 0 Å². The first kappa shape index (κ1) is 13.9. The fourth-order valence-electron chi connectivity index (χ4n) is 2.36. The van der Waals surface area contributed by atoms with E-state index in [4.69, 9.17) is 4.52 Å². The molecule has 0 unspecified atom stereocenters. The Morgan fingerprint density at radius 3 is 2.90 bits per heavy atom. The van der Waals surface area contributed by atoms with Crippen LogP contribution >= 0.6 is 27.7 Å². The second-order valence-corrected chi connectivity index (χ2v) is 7.10. The van der Waals surface area contributed by atoms with Gasteiger partial charge in [-0.25, -0.2) is 0 Å². The van der Waals surface area contributed by atoms with E-state index in [9.17, 15) is 5.11 Å². The molecule has 1 fully saturated rings. The molecule has 106 valence electrons. The molecule has 1 N–H and O–H groups in total. The molecule has 0 bridgehead atoms. The van der Waals surface area contributed by atoms with Crippen LogP contribution in [-0.2, 0) is 5.75 Å². The van der Waals surface area contributed by atoms with Gasteiger partial charge in [0.15, 0.2) is 5.82 Å². The summed E-state index contributed by atoms with van der Waals surface area (Å²) in [4.78, 5) is 4.36. The number of phenolic OH excluding ortho intramolecular Hbond substituents is 1. The lowest BCUT2D eigenvalue weighted by Gasteiger charge is -2.04. The molecule has 0 saturated heterocycles. The molecule has 1 aliphatic rings. The molecule has 1 aliphatic carbocycles. The van der Waals surface area contributed by atoms with Gasteiger partial charge in [-0.15, -0.1) is 0 Å². The SMILES string of the molecule is Oc1cc(Br)ccc1-c1nc(CSC2CCCC2)no1. The van der Waals surface area contributed by atoms with E-state index < -0.39 is 0 Å². The summed E-state index contributed by atoms with van der Waals surface area (Å²) in [6.45, 7) is 0. The van der Waals surface area contributed by atoms with Crippen LogP contribution in [0.4, 0.5) is 0 Å². The Morgan fingerprint density at radius 1 is 1.35 bits per heavy atom. The maximum atomic E-state index is 9.89. The molecule has 20 heavy (non-hydrogen) atoms. The molecule has 1 aromatic carbocycles. The minimum atomic E-state index is 0.137. The summed E-state index contributed by atoms with van der Waals surface area (Å²) >= 11 is 5.20. The Morgan fingerprint density at radius 2 is 2.15 bits per heavy atom. The lowest BCUT2D eigenvalue weighted by Crippen LogP contribution is -1.95. The Bertz CT molecular complexity index is 597. The summed E-state index contributed by atoms with van der Waals surface area (Å²) in [6.07, 6.45) is 5.26. The van der Waals surface area contributed by atoms with E-state index >= 15 is 0 Å². The lowest BCUT2D eigenvalue weighted by atomic mass is 10.2. The van der Waals surface area contributed by atoms with Crippen LogP contribution in [0.25, 0.3) is 11.5 Å². The normalized spacial score (nSPS) is 15.8. The van der Waals surface area contributed by atoms with Crippen LogP contribution in [0, 0.1) is 0 Å². The van der Waals surface area contributed by atoms with Gasteiger partial charge in [0.05, 0.1) is 11.3 Å². The molecule has 0 aliphatic heterocycles. The average Bonchev–Trinajstić information content (AvgIpc) is 3.07. The highest BCUT2D eigenvalue weighted by Gasteiger charge is 2.18. The summed E-state index contributed by atoms with van der Waals surface area (Å²) in [7, 11) is 0. The van der Waals surface area contributed by atoms with Crippen molar-refractivity contribution >= 4 is 27.7 Å². The van der Waals surface area contributed by atoms with Gasteiger partial charge in [0.2, 0.25) is 0 Å². The van der Waals surface area contributed by atoms with Crippen LogP contribution in [0.2, 0.25) is 0 Å². The Kier molecular flexibility index (Phi) is 4.31. The third-order valence-corrected chi connectivity index (χ3v) is 5.27. The third-order valence-electron chi connectivity index (χ3n) is 3.41. The van der Waals surface area contributed by atoms with E-state index in [-0.39, 0.29) is 5.75 Å². The largest absolute Gasteiger partial charge is 0.507 e. The molecule has 1 aromatic heterocycles. The molecule has 0 amide bonds. The van der Waals surface area contributed by atoms with E-state index in [0.29, 0.717) is 17.3 Å². The summed E-state index contributed by atoms with van der Waals surface area (Å²) in [5.41, 5.74) is 0.567. The first-order valence-corrected chi connectivity index (χ1v) is 8.49. The number of nitrogens with zero attached hydrogens (tertiary/aromatic N) is 2. The van der Waals surface area contributed by atoms with Crippen molar-refractivity contribution in [2.45, 2.75) is 36.7 Å². The molecular weight excluding hydrogens is 340 g/mol. The van der Waals surface area contributed by atoms with Crippen LogP contribution in [0.1, 0.15) is 31.5 Å². The van der Waals surface area contributed by atoms with Gasteiger partial charge in [0.1, 0.15) is 5.75 Å². The van der Waals surface area contributed by atoms with Crippen molar-refractivity contribution in [2.24, 2.45) is 0 Å². The highest BCUT2D eigenvalue weighted by atomic mass is 79.9. The first-order valence-electron chi connectivity index (χ1n) is 6.65. The maximum absolute atomic E-state index is 9.89. The number of benzene rings is 1. The predicted octanol–water partition coefficient (Wildman–Crippen LogP) is 4.38. The van der Waals surface area contributed by atoms with Crippen molar-refractivity contribution < 1.29 is 9.63 Å². The van der Waals surface area contributed by atoms with Gasteiger partial charge in [0, 0.05) is 9.72 Å². The standard InChI is InChI=1S/C14H15BrN2O2S/c15-9-5-6-11(12(18)7-9)14-16-13(17-19-14)8-20-10-3-1-2-4-10/h5-7,10,18H,1-4,8H2. The maximum Gasteiger partial charge on any atom is 0.261 e. The smallest absolute Gasteiger partial charge is 0.261 e. The summed E-state index contributed by atoms with van der Waals surface area (Å²) in [6, 6.07) is 5.22. The minimum Gasteiger partial charge on any atom is -0.507 e. The molecule has 1 heterocycles. The monoisotopic (exact) mass is 354 g/mol. The van der Waals surface area contributed by atoms with Crippen LogP contribution in [0.15, 0.2) is 27.2 Å². The molecular formula is C14H15BrN2O2S. The number of hydrogen-bond acceptors (Lipinski definition) is 5. The number of phenols is 1. The van der Waals surface area contributed by atoms with E-state index in [1.807, 2.05) is 17.8 Å². The third kappa shape index (κ3) is 3.17. The molecule has 4 nitrogen and oxygen atoms in total. The van der Waals surface area contributed by atoms with Crippen LogP contribution in [0.3, 0.4) is 0 Å². The van der Waals surface area contributed by atoms with E-state index in [1.165, 1.54) is 25.7 Å². The number of aromatic nitrogens is 2. The van der Waals surface area contributed by atoms with E-state index in [0.717, 1.165) is 15.5 Å². The quantitative estimate of drug-likeness (QED) is 0.882. The van der Waals surface area contributed by atoms with Crippen LogP contribution < -0.4 is 0 Å². The number of rotatable bonds is 4. The Labute approximate surface area is 130 Å². The fourth-order valence-corrected chi connectivity index (χ4v) is 3.87. The van der Waals surface area contributed by atoms with Gasteiger partial charge >= 0.3 is 0 Å². The van der Waals surface area contributed by atoms with Gasteiger partial charge in [-0.2, -0.15) is 16.7 Å². The van der Waals surface area contributed by atoms with Gasteiger partial charge < -0.3 is 9.63 Å². The molecule has 3 rings (SSSR count). The molecule has 0 atom stereocenters. The minimum absolute atomic E-state index is 0.137. The number of aromatic hydroxyl groups is 1. The molecule has 1 saturated carbocycles. The lowest BCUT2D eigenvalue weighted by molar-refractivity contribution is 0.419. The Balaban J connectivity index is 1.69. The van der Waals surface area contributed by atoms with Crippen LogP contribution in [-0.4, -0.2) is 20.5 Å². The molecule has 0 radical (unpaired) electrons. The highest BCUT2D eigenvalue weighted by molar-refractivity contribution is 9.10. The molecule has 0 spiro atoms. The number of halogens is 1.